The number of methoxy groups -OCH3 is 1. The summed E-state index contributed by atoms with van der Waals surface area (Å²) in [5, 5.41) is 11.0. The van der Waals surface area contributed by atoms with E-state index in [2.05, 4.69) is 27.9 Å². The maximum Gasteiger partial charge on any atom is 0.220 e. The van der Waals surface area contributed by atoms with E-state index in [1.807, 2.05) is 30.7 Å². The first-order valence-electron chi connectivity index (χ1n) is 10.9. The summed E-state index contributed by atoms with van der Waals surface area (Å²) in [6.07, 6.45) is 1.08. The molecule has 0 unspecified atom stereocenters. The van der Waals surface area contributed by atoms with E-state index in [-0.39, 0.29) is 17.8 Å². The van der Waals surface area contributed by atoms with Crippen LogP contribution in [0, 0.1) is 19.7 Å². The van der Waals surface area contributed by atoms with Crippen LogP contribution in [0.5, 0.6) is 5.75 Å². The number of nitrogens with zero attached hydrogens (tertiary/aromatic N) is 2. The Hall–Kier alpha value is -3.19. The van der Waals surface area contributed by atoms with Crippen LogP contribution in [0.15, 0.2) is 48.5 Å². The number of rotatable bonds is 7. The van der Waals surface area contributed by atoms with Crippen LogP contribution in [-0.4, -0.2) is 28.8 Å². The first kappa shape index (κ1) is 22.0. The molecule has 1 aliphatic heterocycles. The second kappa shape index (κ2) is 9.53. The number of aromatic nitrogens is 2. The largest absolute Gasteiger partial charge is 0.496 e. The van der Waals surface area contributed by atoms with Gasteiger partial charge in [0.05, 0.1) is 25.4 Å². The molecule has 3 aromatic rings. The molecular formula is C25H29FN4O2. The van der Waals surface area contributed by atoms with Crippen LogP contribution in [0.3, 0.4) is 0 Å². The predicted octanol–water partition coefficient (Wildman–Crippen LogP) is 3.81. The number of hydrogen-bond acceptors (Lipinski definition) is 4. The van der Waals surface area contributed by atoms with Crippen molar-refractivity contribution in [2.75, 3.05) is 7.11 Å². The van der Waals surface area contributed by atoms with Crippen molar-refractivity contribution in [3.05, 3.63) is 82.4 Å². The third-order valence-electron chi connectivity index (χ3n) is 5.98. The monoisotopic (exact) mass is 436 g/mol. The molecule has 168 valence electrons. The zero-order valence-corrected chi connectivity index (χ0v) is 18.7. The van der Waals surface area contributed by atoms with E-state index in [1.165, 1.54) is 6.07 Å². The first-order valence-corrected chi connectivity index (χ1v) is 10.9. The number of benzene rings is 2. The molecule has 2 atom stereocenters. The van der Waals surface area contributed by atoms with Crippen LogP contribution in [0.25, 0.3) is 0 Å². The Kier molecular flexibility index (Phi) is 6.55. The SMILES string of the molecule is COc1ccc(CN[C@@H]2CCC(=O)N[C@H]2c2ccccc2F)cc1Cn1nc(C)cc1C. The van der Waals surface area contributed by atoms with E-state index in [0.29, 0.717) is 31.5 Å². The molecule has 1 fully saturated rings. The topological polar surface area (TPSA) is 68.2 Å². The molecule has 7 heteroatoms. The van der Waals surface area contributed by atoms with Gasteiger partial charge in [-0.1, -0.05) is 24.3 Å². The molecule has 2 aromatic carbocycles. The molecule has 1 saturated heterocycles. The zero-order chi connectivity index (χ0) is 22.7. The molecule has 2 N–H and O–H groups in total. The van der Waals surface area contributed by atoms with Crippen molar-refractivity contribution in [1.29, 1.82) is 0 Å². The van der Waals surface area contributed by atoms with E-state index in [9.17, 15) is 9.18 Å². The average Bonchev–Trinajstić information content (AvgIpc) is 3.10. The lowest BCUT2D eigenvalue weighted by Gasteiger charge is -2.33. The Balaban J connectivity index is 1.51. The highest BCUT2D eigenvalue weighted by Crippen LogP contribution is 2.27. The lowest BCUT2D eigenvalue weighted by atomic mass is 9.91. The van der Waals surface area contributed by atoms with Crippen molar-refractivity contribution in [1.82, 2.24) is 20.4 Å². The van der Waals surface area contributed by atoms with E-state index in [1.54, 1.807) is 25.3 Å². The van der Waals surface area contributed by atoms with Gasteiger partial charge >= 0.3 is 0 Å². The summed E-state index contributed by atoms with van der Waals surface area (Å²) >= 11 is 0. The molecular weight excluding hydrogens is 407 g/mol. The second-order valence-corrected chi connectivity index (χ2v) is 8.32. The summed E-state index contributed by atoms with van der Waals surface area (Å²) in [7, 11) is 1.67. The molecule has 0 spiro atoms. The number of ether oxygens (including phenoxy) is 1. The number of amides is 1. The Bertz CT molecular complexity index is 1110. The standard InChI is InChI=1S/C25H29FN4O2/c1-16-12-17(2)30(29-16)15-19-13-18(8-10-23(19)32-3)14-27-22-9-11-24(31)28-25(22)20-6-4-5-7-21(20)26/h4-8,10,12-13,22,25,27H,9,11,14-15H2,1-3H3,(H,28,31)/t22-,25+/m1/s1. The quantitative estimate of drug-likeness (QED) is 0.591. The Morgan fingerprint density at radius 3 is 2.75 bits per heavy atom. The Labute approximate surface area is 187 Å². The maximum atomic E-state index is 14.4. The third-order valence-corrected chi connectivity index (χ3v) is 5.98. The van der Waals surface area contributed by atoms with Crippen molar-refractivity contribution in [2.45, 2.75) is 51.9 Å². The van der Waals surface area contributed by atoms with Crippen LogP contribution in [-0.2, 0) is 17.9 Å². The minimum atomic E-state index is -0.398. The van der Waals surface area contributed by atoms with Gasteiger partial charge in [-0.05, 0) is 50.1 Å². The van der Waals surface area contributed by atoms with Crippen LogP contribution < -0.4 is 15.4 Å². The van der Waals surface area contributed by atoms with Crippen molar-refractivity contribution < 1.29 is 13.9 Å². The highest BCUT2D eigenvalue weighted by Gasteiger charge is 2.31. The Morgan fingerprint density at radius 1 is 1.22 bits per heavy atom. The smallest absolute Gasteiger partial charge is 0.220 e. The minimum Gasteiger partial charge on any atom is -0.496 e. The van der Waals surface area contributed by atoms with Gasteiger partial charge in [-0.3, -0.25) is 9.48 Å². The average molecular weight is 437 g/mol. The molecule has 6 nitrogen and oxygen atoms in total. The molecule has 0 radical (unpaired) electrons. The molecule has 0 saturated carbocycles. The van der Waals surface area contributed by atoms with Gasteiger partial charge < -0.3 is 15.4 Å². The van der Waals surface area contributed by atoms with Crippen molar-refractivity contribution in [2.24, 2.45) is 0 Å². The van der Waals surface area contributed by atoms with Gasteiger partial charge in [-0.15, -0.1) is 0 Å². The Morgan fingerprint density at radius 2 is 2.03 bits per heavy atom. The fourth-order valence-electron chi connectivity index (χ4n) is 4.35. The maximum absolute atomic E-state index is 14.4. The fraction of sp³-hybridized carbons (Fsp3) is 0.360. The molecule has 1 aromatic heterocycles. The van der Waals surface area contributed by atoms with Gasteiger partial charge in [0.2, 0.25) is 5.91 Å². The van der Waals surface area contributed by atoms with E-state index in [4.69, 9.17) is 4.74 Å². The van der Waals surface area contributed by atoms with E-state index < -0.39 is 6.04 Å². The molecule has 32 heavy (non-hydrogen) atoms. The van der Waals surface area contributed by atoms with Gasteiger partial charge in [0.1, 0.15) is 11.6 Å². The summed E-state index contributed by atoms with van der Waals surface area (Å²) in [5.41, 5.74) is 4.72. The van der Waals surface area contributed by atoms with Crippen LogP contribution in [0.2, 0.25) is 0 Å². The number of carbonyl (C=O) groups is 1. The highest BCUT2D eigenvalue weighted by molar-refractivity contribution is 5.77. The van der Waals surface area contributed by atoms with Crippen LogP contribution in [0.1, 0.15) is 47.0 Å². The summed E-state index contributed by atoms with van der Waals surface area (Å²) in [5.74, 6) is 0.464. The van der Waals surface area contributed by atoms with E-state index >= 15 is 0 Å². The highest BCUT2D eigenvalue weighted by atomic mass is 19.1. The number of hydrogen-bond donors (Lipinski definition) is 2. The summed E-state index contributed by atoms with van der Waals surface area (Å²) in [4.78, 5) is 12.0. The first-order chi connectivity index (χ1) is 15.4. The lowest BCUT2D eigenvalue weighted by molar-refractivity contribution is -0.123. The molecule has 0 aliphatic carbocycles. The number of aryl methyl sites for hydroxylation is 2. The summed E-state index contributed by atoms with van der Waals surface area (Å²) in [6.45, 7) is 5.24. The van der Waals surface area contributed by atoms with Crippen LogP contribution in [0.4, 0.5) is 4.39 Å². The normalized spacial score (nSPS) is 18.4. The van der Waals surface area contributed by atoms with Gasteiger partial charge in [0.25, 0.3) is 0 Å². The molecule has 0 bridgehead atoms. The number of piperidine rings is 1. The summed E-state index contributed by atoms with van der Waals surface area (Å²) in [6, 6.07) is 14.3. The van der Waals surface area contributed by atoms with E-state index in [0.717, 1.165) is 28.3 Å². The second-order valence-electron chi connectivity index (χ2n) is 8.32. The van der Waals surface area contributed by atoms with Crippen molar-refractivity contribution in [3.63, 3.8) is 0 Å². The van der Waals surface area contributed by atoms with Gasteiger partial charge in [0, 0.05) is 35.8 Å². The van der Waals surface area contributed by atoms with Crippen LogP contribution >= 0.6 is 0 Å². The van der Waals surface area contributed by atoms with Gasteiger partial charge in [0.15, 0.2) is 0 Å². The van der Waals surface area contributed by atoms with Gasteiger partial charge in [-0.25, -0.2) is 4.39 Å². The molecule has 1 aliphatic rings. The molecule has 2 heterocycles. The lowest BCUT2D eigenvalue weighted by Crippen LogP contribution is -2.48. The molecule has 1 amide bonds. The number of halogens is 1. The van der Waals surface area contributed by atoms with Gasteiger partial charge in [-0.2, -0.15) is 5.10 Å². The number of nitrogens with one attached hydrogen (secondary N) is 2. The summed E-state index contributed by atoms with van der Waals surface area (Å²) < 4.78 is 21.9. The van der Waals surface area contributed by atoms with Crippen molar-refractivity contribution >= 4 is 5.91 Å². The zero-order valence-electron chi connectivity index (χ0n) is 18.7. The number of carbonyl (C=O) groups excluding carboxylic acids is 1. The molecule has 4 rings (SSSR count). The predicted molar refractivity (Wildman–Crippen MR) is 121 cm³/mol. The third kappa shape index (κ3) is 4.83. The minimum absolute atomic E-state index is 0.0482. The van der Waals surface area contributed by atoms with Crippen molar-refractivity contribution in [3.8, 4) is 5.75 Å². The fourth-order valence-corrected chi connectivity index (χ4v) is 4.35.